The number of aromatic nitrogens is 2. The van der Waals surface area contributed by atoms with Gasteiger partial charge in [-0.05, 0) is 31.5 Å². The van der Waals surface area contributed by atoms with Gasteiger partial charge in [-0.2, -0.15) is 0 Å². The van der Waals surface area contributed by atoms with E-state index >= 15 is 0 Å². The van der Waals surface area contributed by atoms with E-state index in [1.807, 2.05) is 77.2 Å². The average Bonchev–Trinajstić information content (AvgIpc) is 3.11. The Labute approximate surface area is 159 Å². The van der Waals surface area contributed by atoms with Crippen molar-refractivity contribution in [2.24, 2.45) is 0 Å². The standard InChI is InChI=1S/C22H23N3O2/c1-16-8-10-19(11-9-16)22(26)24-13-17(2)25-20(14-24)12-21(23-25)27-15-18-6-4-3-5-7-18/h3-12,17H,13-15H2,1-2H3. The third-order valence-corrected chi connectivity index (χ3v) is 4.86. The van der Waals surface area contributed by atoms with Crippen molar-refractivity contribution in [3.05, 3.63) is 83.0 Å². The molecule has 2 aromatic carbocycles. The zero-order valence-electron chi connectivity index (χ0n) is 15.6. The van der Waals surface area contributed by atoms with Crippen LogP contribution in [0.25, 0.3) is 0 Å². The fraction of sp³-hybridized carbons (Fsp3) is 0.273. The SMILES string of the molecule is Cc1ccc(C(=O)N2Cc3cc(OCc4ccccc4)nn3C(C)C2)cc1. The number of hydrogen-bond acceptors (Lipinski definition) is 3. The number of carbonyl (C=O) groups excluding carboxylic acids is 1. The van der Waals surface area contributed by atoms with Gasteiger partial charge in [-0.3, -0.25) is 9.48 Å². The first-order valence-corrected chi connectivity index (χ1v) is 9.21. The summed E-state index contributed by atoms with van der Waals surface area (Å²) in [5.74, 6) is 0.659. The van der Waals surface area contributed by atoms with Gasteiger partial charge in [0.2, 0.25) is 5.88 Å². The van der Waals surface area contributed by atoms with E-state index in [0.717, 1.165) is 22.4 Å². The van der Waals surface area contributed by atoms with E-state index in [-0.39, 0.29) is 11.9 Å². The first-order chi connectivity index (χ1) is 13.1. The molecule has 5 heteroatoms. The summed E-state index contributed by atoms with van der Waals surface area (Å²) in [6.45, 7) is 5.76. The van der Waals surface area contributed by atoms with Crippen molar-refractivity contribution >= 4 is 5.91 Å². The lowest BCUT2D eigenvalue weighted by atomic mass is 10.1. The average molecular weight is 361 g/mol. The largest absolute Gasteiger partial charge is 0.472 e. The number of ether oxygens (including phenoxy) is 1. The molecule has 1 unspecified atom stereocenters. The molecule has 0 fully saturated rings. The van der Waals surface area contributed by atoms with E-state index in [0.29, 0.717) is 25.6 Å². The number of aryl methyl sites for hydroxylation is 1. The number of benzene rings is 2. The number of rotatable bonds is 4. The van der Waals surface area contributed by atoms with Gasteiger partial charge in [0.05, 0.1) is 18.3 Å². The number of carbonyl (C=O) groups is 1. The molecule has 1 aliphatic rings. The Balaban J connectivity index is 1.48. The minimum Gasteiger partial charge on any atom is -0.472 e. The summed E-state index contributed by atoms with van der Waals surface area (Å²) < 4.78 is 7.82. The van der Waals surface area contributed by atoms with E-state index in [9.17, 15) is 4.79 Å². The van der Waals surface area contributed by atoms with Crippen LogP contribution in [-0.4, -0.2) is 27.1 Å². The van der Waals surface area contributed by atoms with E-state index in [4.69, 9.17) is 4.74 Å². The summed E-state index contributed by atoms with van der Waals surface area (Å²) in [7, 11) is 0. The fourth-order valence-electron chi connectivity index (χ4n) is 3.40. The first-order valence-electron chi connectivity index (χ1n) is 9.21. The maximum atomic E-state index is 12.8. The van der Waals surface area contributed by atoms with E-state index in [1.165, 1.54) is 0 Å². The third-order valence-electron chi connectivity index (χ3n) is 4.86. The normalized spacial score (nSPS) is 16.1. The van der Waals surface area contributed by atoms with Crippen molar-refractivity contribution in [2.75, 3.05) is 6.54 Å². The topological polar surface area (TPSA) is 47.4 Å². The molecule has 27 heavy (non-hydrogen) atoms. The zero-order chi connectivity index (χ0) is 18.8. The molecule has 1 atom stereocenters. The summed E-state index contributed by atoms with van der Waals surface area (Å²) in [6.07, 6.45) is 0. The Morgan fingerprint density at radius 1 is 1.15 bits per heavy atom. The predicted octanol–water partition coefficient (Wildman–Crippen LogP) is 3.99. The number of nitrogens with zero attached hydrogens (tertiary/aromatic N) is 3. The van der Waals surface area contributed by atoms with E-state index in [2.05, 4.69) is 12.0 Å². The van der Waals surface area contributed by atoms with Gasteiger partial charge in [-0.1, -0.05) is 48.0 Å². The third kappa shape index (κ3) is 3.72. The van der Waals surface area contributed by atoms with Crippen LogP contribution in [0.5, 0.6) is 5.88 Å². The second-order valence-electron chi connectivity index (χ2n) is 7.09. The van der Waals surface area contributed by atoms with Crippen LogP contribution in [-0.2, 0) is 13.2 Å². The molecule has 1 aliphatic heterocycles. The highest BCUT2D eigenvalue weighted by Crippen LogP contribution is 2.26. The van der Waals surface area contributed by atoms with E-state index < -0.39 is 0 Å². The van der Waals surface area contributed by atoms with Crippen molar-refractivity contribution in [3.63, 3.8) is 0 Å². The van der Waals surface area contributed by atoms with Crippen LogP contribution in [0.3, 0.4) is 0 Å². The van der Waals surface area contributed by atoms with Crippen molar-refractivity contribution < 1.29 is 9.53 Å². The molecular formula is C22H23N3O2. The molecule has 4 rings (SSSR count). The molecule has 0 spiro atoms. The van der Waals surface area contributed by atoms with Crippen LogP contribution >= 0.6 is 0 Å². The van der Waals surface area contributed by atoms with Gasteiger partial charge < -0.3 is 9.64 Å². The van der Waals surface area contributed by atoms with Crippen molar-refractivity contribution in [1.29, 1.82) is 0 Å². The minimum absolute atomic E-state index is 0.0565. The molecule has 3 aromatic rings. The van der Waals surface area contributed by atoms with Crippen molar-refractivity contribution in [2.45, 2.75) is 33.0 Å². The van der Waals surface area contributed by atoms with Gasteiger partial charge in [0, 0.05) is 18.2 Å². The Morgan fingerprint density at radius 3 is 2.63 bits per heavy atom. The summed E-state index contributed by atoms with van der Waals surface area (Å²) >= 11 is 0. The second kappa shape index (κ2) is 7.27. The summed E-state index contributed by atoms with van der Waals surface area (Å²) in [5, 5.41) is 4.58. The number of fused-ring (bicyclic) bond motifs is 1. The second-order valence-corrected chi connectivity index (χ2v) is 7.09. The molecule has 0 saturated heterocycles. The van der Waals surface area contributed by atoms with Crippen LogP contribution in [0.15, 0.2) is 60.7 Å². The molecule has 0 radical (unpaired) electrons. The molecule has 0 N–H and O–H groups in total. The quantitative estimate of drug-likeness (QED) is 0.706. The molecular weight excluding hydrogens is 338 g/mol. The Bertz CT molecular complexity index is 932. The lowest BCUT2D eigenvalue weighted by Crippen LogP contribution is -2.40. The van der Waals surface area contributed by atoms with Crippen LogP contribution in [0.4, 0.5) is 0 Å². The number of amides is 1. The molecule has 0 saturated carbocycles. The van der Waals surface area contributed by atoms with E-state index in [1.54, 1.807) is 0 Å². The first kappa shape index (κ1) is 17.3. The van der Waals surface area contributed by atoms with Crippen LogP contribution < -0.4 is 4.74 Å². The Morgan fingerprint density at radius 2 is 1.89 bits per heavy atom. The van der Waals surface area contributed by atoms with Crippen LogP contribution in [0.2, 0.25) is 0 Å². The molecule has 1 aromatic heterocycles. The van der Waals surface area contributed by atoms with Crippen LogP contribution in [0, 0.1) is 6.92 Å². The highest BCUT2D eigenvalue weighted by Gasteiger charge is 2.28. The Hall–Kier alpha value is -3.08. The molecule has 0 bridgehead atoms. The molecule has 0 aliphatic carbocycles. The summed E-state index contributed by atoms with van der Waals surface area (Å²) in [5.41, 5.74) is 3.98. The molecule has 138 valence electrons. The lowest BCUT2D eigenvalue weighted by Gasteiger charge is -2.32. The van der Waals surface area contributed by atoms with Gasteiger partial charge in [0.1, 0.15) is 6.61 Å². The monoisotopic (exact) mass is 361 g/mol. The molecule has 2 heterocycles. The smallest absolute Gasteiger partial charge is 0.254 e. The highest BCUT2D eigenvalue weighted by molar-refractivity contribution is 5.94. The fourth-order valence-corrected chi connectivity index (χ4v) is 3.40. The lowest BCUT2D eigenvalue weighted by molar-refractivity contribution is 0.0677. The summed E-state index contributed by atoms with van der Waals surface area (Å²) in [6, 6.07) is 19.8. The van der Waals surface area contributed by atoms with Gasteiger partial charge in [0.15, 0.2) is 0 Å². The van der Waals surface area contributed by atoms with Crippen molar-refractivity contribution in [3.8, 4) is 5.88 Å². The zero-order valence-corrected chi connectivity index (χ0v) is 15.6. The van der Waals surface area contributed by atoms with Crippen LogP contribution in [0.1, 0.15) is 40.1 Å². The number of hydrogen-bond donors (Lipinski definition) is 0. The van der Waals surface area contributed by atoms with Gasteiger partial charge in [0.25, 0.3) is 5.91 Å². The predicted molar refractivity (Wildman–Crippen MR) is 104 cm³/mol. The summed E-state index contributed by atoms with van der Waals surface area (Å²) in [4.78, 5) is 14.7. The van der Waals surface area contributed by atoms with Gasteiger partial charge >= 0.3 is 0 Å². The van der Waals surface area contributed by atoms with Gasteiger partial charge in [-0.15, -0.1) is 5.10 Å². The molecule has 5 nitrogen and oxygen atoms in total. The molecule has 1 amide bonds. The van der Waals surface area contributed by atoms with Gasteiger partial charge in [-0.25, -0.2) is 0 Å². The van der Waals surface area contributed by atoms with Crippen molar-refractivity contribution in [1.82, 2.24) is 14.7 Å². The minimum atomic E-state index is 0.0565. The maximum absolute atomic E-state index is 12.8. The Kier molecular flexibility index (Phi) is 4.67. The highest BCUT2D eigenvalue weighted by atomic mass is 16.5. The maximum Gasteiger partial charge on any atom is 0.254 e.